The highest BCUT2D eigenvalue weighted by molar-refractivity contribution is 6.77. The van der Waals surface area contributed by atoms with Gasteiger partial charge in [0.2, 0.25) is 8.32 Å². The van der Waals surface area contributed by atoms with Crippen LogP contribution < -0.4 is 0 Å². The number of esters is 1. The molecular formula is C16H32O3Si. The molecule has 118 valence electrons. The van der Waals surface area contributed by atoms with E-state index in [1.165, 1.54) is 7.11 Å². The lowest BCUT2D eigenvalue weighted by Gasteiger charge is -2.42. The number of rotatable bonds is 8. The van der Waals surface area contributed by atoms with Crippen LogP contribution in [0.5, 0.6) is 0 Å². The van der Waals surface area contributed by atoms with Crippen molar-refractivity contribution < 1.29 is 14.0 Å². The van der Waals surface area contributed by atoms with Crippen LogP contribution in [0, 0.1) is 0 Å². The minimum atomic E-state index is -1.93. The third-order valence-corrected chi connectivity index (χ3v) is 10.1. The molecule has 0 saturated carbocycles. The predicted octanol–water partition coefficient (Wildman–Crippen LogP) is 4.69. The second kappa shape index (κ2) is 8.62. The van der Waals surface area contributed by atoms with Crippen LogP contribution in [0.15, 0.2) is 11.6 Å². The van der Waals surface area contributed by atoms with Crippen molar-refractivity contribution in [3.8, 4) is 0 Å². The normalized spacial score (nSPS) is 13.4. The van der Waals surface area contributed by atoms with Gasteiger partial charge in [-0.3, -0.25) is 0 Å². The second-order valence-corrected chi connectivity index (χ2v) is 11.7. The van der Waals surface area contributed by atoms with Crippen molar-refractivity contribution >= 4 is 14.3 Å². The highest BCUT2D eigenvalue weighted by Gasteiger charge is 2.45. The van der Waals surface area contributed by atoms with E-state index in [4.69, 9.17) is 9.16 Å². The highest BCUT2D eigenvalue weighted by atomic mass is 28.4. The van der Waals surface area contributed by atoms with Crippen molar-refractivity contribution in [3.63, 3.8) is 0 Å². The number of carbonyl (C=O) groups excluding carboxylic acids is 1. The molecule has 0 atom stereocenters. The summed E-state index contributed by atoms with van der Waals surface area (Å²) in [5.41, 5.74) is 2.20. The Balaban J connectivity index is 5.19. The van der Waals surface area contributed by atoms with Crippen LogP contribution in [0.3, 0.4) is 0 Å². The summed E-state index contributed by atoms with van der Waals surface area (Å²) in [7, 11) is -0.506. The molecule has 0 fully saturated rings. The Bertz CT molecular complexity index is 311. The molecule has 3 nitrogen and oxygen atoms in total. The molecule has 0 unspecified atom stereocenters. The van der Waals surface area contributed by atoms with Crippen LogP contribution in [0.1, 0.15) is 54.9 Å². The van der Waals surface area contributed by atoms with E-state index in [1.807, 2.05) is 13.0 Å². The Morgan fingerprint density at radius 1 is 1.05 bits per heavy atom. The van der Waals surface area contributed by atoms with Gasteiger partial charge in [0, 0.05) is 0 Å². The number of carbonyl (C=O) groups is 1. The van der Waals surface area contributed by atoms with Gasteiger partial charge in [0.25, 0.3) is 0 Å². The fourth-order valence-electron chi connectivity index (χ4n) is 3.28. The van der Waals surface area contributed by atoms with E-state index in [-0.39, 0.29) is 5.97 Å². The van der Waals surface area contributed by atoms with Crippen molar-refractivity contribution in [1.29, 1.82) is 0 Å². The first kappa shape index (κ1) is 19.4. The predicted molar refractivity (Wildman–Crippen MR) is 87.4 cm³/mol. The summed E-state index contributed by atoms with van der Waals surface area (Å²) in [5.74, 6) is -0.272. The van der Waals surface area contributed by atoms with Gasteiger partial charge in [-0.25, -0.2) is 4.79 Å². The molecule has 0 saturated heterocycles. The summed E-state index contributed by atoms with van der Waals surface area (Å²) in [6.07, 6.45) is 2.72. The molecule has 0 aliphatic heterocycles. The van der Waals surface area contributed by atoms with Crippen LogP contribution in [-0.2, 0) is 14.0 Å². The molecule has 20 heavy (non-hydrogen) atoms. The Hall–Kier alpha value is -0.613. The first-order chi connectivity index (χ1) is 9.23. The van der Waals surface area contributed by atoms with Crippen LogP contribution in [0.4, 0.5) is 0 Å². The van der Waals surface area contributed by atoms with Gasteiger partial charge in [-0.05, 0) is 23.0 Å². The van der Waals surface area contributed by atoms with Crippen LogP contribution in [-0.4, -0.2) is 28.0 Å². The molecule has 0 aromatic carbocycles. The molecule has 0 spiro atoms. The fraction of sp³-hybridized carbons (Fsp3) is 0.812. The molecule has 0 aliphatic rings. The summed E-state index contributed by atoms with van der Waals surface area (Å²) in [4.78, 5) is 11.8. The van der Waals surface area contributed by atoms with Crippen molar-refractivity contribution in [1.82, 2.24) is 0 Å². The summed E-state index contributed by atoms with van der Waals surface area (Å²) >= 11 is 0. The lowest BCUT2D eigenvalue weighted by molar-refractivity contribution is -0.136. The first-order valence-corrected chi connectivity index (χ1v) is 9.79. The van der Waals surface area contributed by atoms with Gasteiger partial charge in [-0.1, -0.05) is 54.5 Å². The van der Waals surface area contributed by atoms with E-state index < -0.39 is 8.32 Å². The third-order valence-electron chi connectivity index (χ3n) is 4.08. The smallest absolute Gasteiger partial charge is 0.335 e. The van der Waals surface area contributed by atoms with Gasteiger partial charge in [0.05, 0.1) is 19.3 Å². The zero-order valence-electron chi connectivity index (χ0n) is 14.4. The van der Waals surface area contributed by atoms with Gasteiger partial charge in [-0.15, -0.1) is 0 Å². The molecule has 0 N–H and O–H groups in total. The average molecular weight is 301 g/mol. The van der Waals surface area contributed by atoms with Crippen molar-refractivity contribution in [3.05, 3.63) is 11.6 Å². The minimum Gasteiger partial charge on any atom is -0.466 e. The summed E-state index contributed by atoms with van der Waals surface area (Å²) < 4.78 is 11.3. The summed E-state index contributed by atoms with van der Waals surface area (Å²) in [6, 6.07) is 0. The first-order valence-electron chi connectivity index (χ1n) is 7.65. The lowest BCUT2D eigenvalue weighted by Crippen LogP contribution is -2.48. The van der Waals surface area contributed by atoms with Gasteiger partial charge < -0.3 is 9.16 Å². The third kappa shape index (κ3) is 4.45. The topological polar surface area (TPSA) is 35.5 Å². The molecule has 0 amide bonds. The second-order valence-electron chi connectivity index (χ2n) is 6.24. The summed E-state index contributed by atoms with van der Waals surface area (Å²) in [6.45, 7) is 15.9. The number of allylic oxidation sites excluding steroid dienone is 1. The summed E-state index contributed by atoms with van der Waals surface area (Å²) in [5, 5.41) is 0. The molecule has 0 rings (SSSR count). The van der Waals surface area contributed by atoms with Gasteiger partial charge in [0.1, 0.15) is 0 Å². The minimum absolute atomic E-state index is 0.272. The van der Waals surface area contributed by atoms with Crippen molar-refractivity contribution in [2.45, 2.75) is 71.5 Å². The molecule has 0 bridgehead atoms. The average Bonchev–Trinajstić information content (AvgIpc) is 2.35. The standard InChI is InChI=1S/C16H32O3Si/c1-9-10-15(16(17)18-8)11-19-20(12(2)3,13(4)5)14(6)7/h10,12-14H,9,11H2,1-8H3/b15-10+. The van der Waals surface area contributed by atoms with Crippen LogP contribution in [0.2, 0.25) is 16.6 Å². The molecule has 0 radical (unpaired) electrons. The molecule has 0 aromatic heterocycles. The molecular weight excluding hydrogens is 268 g/mol. The van der Waals surface area contributed by atoms with Crippen LogP contribution in [0.25, 0.3) is 0 Å². The largest absolute Gasteiger partial charge is 0.466 e. The van der Waals surface area contributed by atoms with E-state index >= 15 is 0 Å². The monoisotopic (exact) mass is 300 g/mol. The maximum absolute atomic E-state index is 11.8. The fourth-order valence-corrected chi connectivity index (χ4v) is 8.69. The maximum atomic E-state index is 11.8. The Labute approximate surface area is 125 Å². The molecule has 0 aliphatic carbocycles. The number of methoxy groups -OCH3 is 1. The zero-order chi connectivity index (χ0) is 15.9. The Morgan fingerprint density at radius 2 is 1.50 bits per heavy atom. The van der Waals surface area contributed by atoms with E-state index in [9.17, 15) is 4.79 Å². The SMILES string of the molecule is CC/C=C(\CO[Si](C(C)C)(C(C)C)C(C)C)C(=O)OC. The van der Waals surface area contributed by atoms with Gasteiger partial charge in [-0.2, -0.15) is 0 Å². The lowest BCUT2D eigenvalue weighted by atomic mass is 10.2. The zero-order valence-corrected chi connectivity index (χ0v) is 15.4. The van der Waals surface area contributed by atoms with Gasteiger partial charge >= 0.3 is 5.97 Å². The maximum Gasteiger partial charge on any atom is 0.335 e. The Kier molecular flexibility index (Phi) is 8.36. The highest BCUT2D eigenvalue weighted by Crippen LogP contribution is 2.42. The molecule has 4 heteroatoms. The van der Waals surface area contributed by atoms with E-state index in [1.54, 1.807) is 0 Å². The van der Waals surface area contributed by atoms with E-state index in [0.717, 1.165) is 6.42 Å². The Morgan fingerprint density at radius 3 is 1.80 bits per heavy atom. The molecule has 0 heterocycles. The number of ether oxygens (including phenoxy) is 1. The number of hydrogen-bond acceptors (Lipinski definition) is 3. The van der Waals surface area contributed by atoms with Gasteiger partial charge in [0.15, 0.2) is 0 Å². The van der Waals surface area contributed by atoms with E-state index in [0.29, 0.717) is 28.8 Å². The number of hydrogen-bond donors (Lipinski definition) is 0. The van der Waals surface area contributed by atoms with Crippen molar-refractivity contribution in [2.75, 3.05) is 13.7 Å². The quantitative estimate of drug-likeness (QED) is 0.371. The molecule has 0 aromatic rings. The van der Waals surface area contributed by atoms with Crippen LogP contribution >= 0.6 is 0 Å². The van der Waals surface area contributed by atoms with Crippen molar-refractivity contribution in [2.24, 2.45) is 0 Å². The van der Waals surface area contributed by atoms with E-state index in [2.05, 4.69) is 41.5 Å².